The van der Waals surface area contributed by atoms with Gasteiger partial charge in [0, 0.05) is 17.5 Å². The van der Waals surface area contributed by atoms with Gasteiger partial charge in [-0.25, -0.2) is 0 Å². The number of halogens is 2. The molecule has 1 aromatic carbocycles. The van der Waals surface area contributed by atoms with Crippen LogP contribution < -0.4 is 4.87 Å². The van der Waals surface area contributed by atoms with Gasteiger partial charge in [-0.2, -0.15) is 0 Å². The molecule has 2 aromatic rings. The highest BCUT2D eigenvalue weighted by molar-refractivity contribution is 7.07. The first kappa shape index (κ1) is 14.1. The zero-order valence-corrected chi connectivity index (χ0v) is 11.9. The Morgan fingerprint density at radius 3 is 2.79 bits per heavy atom. The average Bonchev–Trinajstić information content (AvgIpc) is 2.71. The molecule has 0 saturated carbocycles. The predicted molar refractivity (Wildman–Crippen MR) is 76.3 cm³/mol. The molecule has 1 heterocycles. The van der Waals surface area contributed by atoms with Gasteiger partial charge in [-0.15, -0.1) is 0 Å². The lowest BCUT2D eigenvalue weighted by Gasteiger charge is -2.08. The van der Waals surface area contributed by atoms with Gasteiger partial charge < -0.3 is 5.11 Å². The first-order chi connectivity index (χ1) is 9.00. The molecule has 0 aliphatic heterocycles. The zero-order valence-electron chi connectivity index (χ0n) is 9.60. The summed E-state index contributed by atoms with van der Waals surface area (Å²) in [6.45, 7) is 0.107. The van der Waals surface area contributed by atoms with Crippen LogP contribution in [0.3, 0.4) is 0 Å². The second-order valence-electron chi connectivity index (χ2n) is 3.78. The molecular weight excluding hydrogens is 309 g/mol. The van der Waals surface area contributed by atoms with Crippen molar-refractivity contribution in [2.45, 2.75) is 13.0 Å². The Labute approximate surface area is 122 Å². The van der Waals surface area contributed by atoms with E-state index in [2.05, 4.69) is 0 Å². The van der Waals surface area contributed by atoms with Crippen LogP contribution in [0.1, 0.15) is 6.42 Å². The van der Waals surface area contributed by atoms with Gasteiger partial charge in [0.1, 0.15) is 0 Å². The molecule has 0 aliphatic carbocycles. The zero-order chi connectivity index (χ0) is 14.0. The van der Waals surface area contributed by atoms with Crippen LogP contribution >= 0.6 is 34.5 Å². The third-order valence-corrected chi connectivity index (χ3v) is 4.14. The Bertz CT molecular complexity index is 678. The highest BCUT2D eigenvalue weighted by atomic mass is 35.5. The molecule has 0 fully saturated rings. The van der Waals surface area contributed by atoms with Crippen molar-refractivity contribution in [1.82, 2.24) is 4.57 Å². The minimum absolute atomic E-state index is 0.107. The van der Waals surface area contributed by atoms with Crippen LogP contribution in [-0.4, -0.2) is 15.6 Å². The topological polar surface area (TPSA) is 59.3 Å². The molecule has 1 aromatic heterocycles. The van der Waals surface area contributed by atoms with Crippen molar-refractivity contribution in [3.8, 4) is 11.3 Å². The molecule has 0 amide bonds. The van der Waals surface area contributed by atoms with Gasteiger partial charge in [0.2, 0.25) is 0 Å². The van der Waals surface area contributed by atoms with Crippen molar-refractivity contribution < 1.29 is 9.90 Å². The lowest BCUT2D eigenvalue weighted by atomic mass is 10.1. The fraction of sp³-hybridized carbons (Fsp3) is 0.167. The number of nitrogens with zero attached hydrogens (tertiary/aromatic N) is 1. The number of benzene rings is 1. The first-order valence-electron chi connectivity index (χ1n) is 5.35. The van der Waals surface area contributed by atoms with E-state index >= 15 is 0 Å². The molecule has 0 saturated heterocycles. The summed E-state index contributed by atoms with van der Waals surface area (Å²) in [4.78, 5) is 22.1. The summed E-state index contributed by atoms with van der Waals surface area (Å²) in [5, 5.41) is 11.1. The minimum Gasteiger partial charge on any atom is -0.481 e. The first-order valence-corrected chi connectivity index (χ1v) is 6.98. The summed E-state index contributed by atoms with van der Waals surface area (Å²) in [6.07, 6.45) is -0.123. The van der Waals surface area contributed by atoms with Crippen LogP contribution in [0.4, 0.5) is 0 Å². The van der Waals surface area contributed by atoms with E-state index in [1.807, 2.05) is 0 Å². The predicted octanol–water partition coefficient (Wildman–Crippen LogP) is 3.36. The lowest BCUT2D eigenvalue weighted by Crippen LogP contribution is -2.16. The van der Waals surface area contributed by atoms with E-state index in [0.29, 0.717) is 21.3 Å². The molecule has 19 heavy (non-hydrogen) atoms. The Morgan fingerprint density at radius 2 is 2.11 bits per heavy atom. The van der Waals surface area contributed by atoms with E-state index in [4.69, 9.17) is 28.3 Å². The van der Waals surface area contributed by atoms with E-state index < -0.39 is 5.97 Å². The molecule has 0 unspecified atom stereocenters. The van der Waals surface area contributed by atoms with Crippen LogP contribution in [0.5, 0.6) is 0 Å². The third kappa shape index (κ3) is 3.00. The van der Waals surface area contributed by atoms with Gasteiger partial charge in [0.15, 0.2) is 0 Å². The number of thiazole rings is 1. The average molecular weight is 318 g/mol. The van der Waals surface area contributed by atoms with Crippen molar-refractivity contribution in [1.29, 1.82) is 0 Å². The number of rotatable bonds is 4. The number of carboxylic acids is 1. The summed E-state index contributed by atoms with van der Waals surface area (Å²) in [5.74, 6) is -0.957. The van der Waals surface area contributed by atoms with Gasteiger partial charge in [0.25, 0.3) is 0 Å². The van der Waals surface area contributed by atoms with Crippen molar-refractivity contribution in [3.05, 3.63) is 43.3 Å². The highest BCUT2D eigenvalue weighted by Gasteiger charge is 2.14. The summed E-state index contributed by atoms with van der Waals surface area (Å²) < 4.78 is 1.40. The molecule has 1 N–H and O–H groups in total. The van der Waals surface area contributed by atoms with E-state index in [1.165, 1.54) is 4.57 Å². The molecule has 100 valence electrons. The third-order valence-electron chi connectivity index (χ3n) is 2.56. The fourth-order valence-corrected chi connectivity index (χ4v) is 2.84. The Hall–Kier alpha value is -1.30. The number of aromatic nitrogens is 1. The summed E-state index contributed by atoms with van der Waals surface area (Å²) in [7, 11) is 0. The number of carboxylic acid groups (broad SMARTS) is 1. The molecule has 0 radical (unpaired) electrons. The normalized spacial score (nSPS) is 10.6. The molecule has 0 atom stereocenters. The standard InChI is InChI=1S/C12H9Cl2NO3S/c13-8-3-1-2-7(11(8)14)9-6-19-12(18)15(9)5-4-10(16)17/h1-3,6H,4-5H2,(H,16,17). The summed E-state index contributed by atoms with van der Waals surface area (Å²) >= 11 is 13.1. The van der Waals surface area contributed by atoms with Gasteiger partial charge in [-0.3, -0.25) is 14.2 Å². The maximum Gasteiger partial charge on any atom is 0.307 e. The van der Waals surface area contributed by atoms with Crippen LogP contribution in [0, 0.1) is 0 Å². The lowest BCUT2D eigenvalue weighted by molar-refractivity contribution is -0.137. The maximum absolute atomic E-state index is 11.7. The Morgan fingerprint density at radius 1 is 1.37 bits per heavy atom. The molecule has 2 rings (SSSR count). The molecule has 0 bridgehead atoms. The summed E-state index contributed by atoms with van der Waals surface area (Å²) in [6, 6.07) is 5.12. The van der Waals surface area contributed by atoms with E-state index in [9.17, 15) is 9.59 Å². The van der Waals surface area contributed by atoms with Gasteiger partial charge in [-0.05, 0) is 6.07 Å². The molecule has 4 nitrogen and oxygen atoms in total. The van der Waals surface area contributed by atoms with Crippen LogP contribution in [0.15, 0.2) is 28.4 Å². The molecular formula is C12H9Cl2NO3S. The number of aliphatic carboxylic acids is 1. The highest BCUT2D eigenvalue weighted by Crippen LogP contribution is 2.33. The van der Waals surface area contributed by atoms with Gasteiger partial charge >= 0.3 is 10.8 Å². The van der Waals surface area contributed by atoms with Crippen molar-refractivity contribution in [3.63, 3.8) is 0 Å². The van der Waals surface area contributed by atoms with E-state index in [-0.39, 0.29) is 17.8 Å². The van der Waals surface area contributed by atoms with Crippen LogP contribution in [0.2, 0.25) is 10.0 Å². The SMILES string of the molecule is O=C(O)CCn1c(-c2cccc(Cl)c2Cl)csc1=O. The van der Waals surface area contributed by atoms with Crippen LogP contribution in [0.25, 0.3) is 11.3 Å². The largest absolute Gasteiger partial charge is 0.481 e. The number of hydrogen-bond donors (Lipinski definition) is 1. The second kappa shape index (κ2) is 5.77. The minimum atomic E-state index is -0.957. The van der Waals surface area contributed by atoms with Crippen molar-refractivity contribution in [2.75, 3.05) is 0 Å². The quantitative estimate of drug-likeness (QED) is 0.940. The number of carbonyl (C=O) groups is 1. The summed E-state index contributed by atoms with van der Waals surface area (Å²) in [5.41, 5.74) is 1.21. The van der Waals surface area contributed by atoms with Crippen LogP contribution in [-0.2, 0) is 11.3 Å². The van der Waals surface area contributed by atoms with Gasteiger partial charge in [-0.1, -0.05) is 46.7 Å². The number of hydrogen-bond acceptors (Lipinski definition) is 3. The van der Waals surface area contributed by atoms with Crippen molar-refractivity contribution >= 4 is 40.5 Å². The Kier molecular flexibility index (Phi) is 4.29. The molecule has 0 aliphatic rings. The molecule has 7 heteroatoms. The van der Waals surface area contributed by atoms with Gasteiger partial charge in [0.05, 0.1) is 22.2 Å². The van der Waals surface area contributed by atoms with Crippen molar-refractivity contribution in [2.24, 2.45) is 0 Å². The smallest absolute Gasteiger partial charge is 0.307 e. The Balaban J connectivity index is 2.48. The van der Waals surface area contributed by atoms with E-state index in [1.54, 1.807) is 23.6 Å². The maximum atomic E-state index is 11.7. The molecule has 0 spiro atoms. The monoisotopic (exact) mass is 317 g/mol. The fourth-order valence-electron chi connectivity index (χ4n) is 1.66. The van der Waals surface area contributed by atoms with E-state index in [0.717, 1.165) is 11.3 Å². The second-order valence-corrected chi connectivity index (χ2v) is 5.39.